The van der Waals surface area contributed by atoms with Gasteiger partial charge in [-0.3, -0.25) is 0 Å². The van der Waals surface area contributed by atoms with Gasteiger partial charge in [0.15, 0.2) is 0 Å². The lowest BCUT2D eigenvalue weighted by molar-refractivity contribution is -0.132. The SMILES string of the molecule is C=C(C)C(=O)OC#Cc1ccc(C#Cc2cc(OC(=O)C(=C)C)c(-c3ccc(OC(=O)C(=C)C)cc3)cc2OC(=O)C(=C)C)cc1. The summed E-state index contributed by atoms with van der Waals surface area (Å²) in [5.74, 6) is 6.62. The maximum absolute atomic E-state index is 12.6. The number of ether oxygens (including phenoxy) is 4. The Kier molecular flexibility index (Phi) is 11.4. The van der Waals surface area contributed by atoms with Gasteiger partial charge in [0.05, 0.1) is 5.56 Å². The second-order valence-corrected chi connectivity index (χ2v) is 10.1. The van der Waals surface area contributed by atoms with Crippen molar-refractivity contribution in [1.82, 2.24) is 0 Å². The van der Waals surface area contributed by atoms with Crippen molar-refractivity contribution in [3.63, 3.8) is 0 Å². The predicted octanol–water partition coefficient (Wildman–Crippen LogP) is 6.63. The van der Waals surface area contributed by atoms with Gasteiger partial charge in [-0.2, -0.15) is 0 Å². The second kappa shape index (κ2) is 15.4. The fraction of sp³-hybridized carbons (Fsp3) is 0.105. The Hall–Kier alpha value is -6.38. The molecule has 0 bridgehead atoms. The van der Waals surface area contributed by atoms with E-state index in [9.17, 15) is 19.2 Å². The second-order valence-electron chi connectivity index (χ2n) is 10.1. The van der Waals surface area contributed by atoms with E-state index in [2.05, 4.69) is 50.2 Å². The fourth-order valence-electron chi connectivity index (χ4n) is 3.32. The molecular formula is C38H30O8. The predicted molar refractivity (Wildman–Crippen MR) is 173 cm³/mol. The Balaban J connectivity index is 2.07. The third kappa shape index (κ3) is 9.57. The van der Waals surface area contributed by atoms with E-state index in [4.69, 9.17) is 18.9 Å². The van der Waals surface area contributed by atoms with Gasteiger partial charge in [0.25, 0.3) is 0 Å². The summed E-state index contributed by atoms with van der Waals surface area (Å²) < 4.78 is 21.3. The minimum Gasteiger partial charge on any atom is -0.423 e. The van der Waals surface area contributed by atoms with Crippen LogP contribution in [-0.2, 0) is 23.9 Å². The number of carbonyl (C=O) groups is 4. The molecule has 0 saturated heterocycles. The van der Waals surface area contributed by atoms with Crippen molar-refractivity contribution in [3.05, 3.63) is 126 Å². The monoisotopic (exact) mass is 614 g/mol. The van der Waals surface area contributed by atoms with Crippen LogP contribution < -0.4 is 14.2 Å². The average molecular weight is 615 g/mol. The smallest absolute Gasteiger partial charge is 0.347 e. The van der Waals surface area contributed by atoms with Gasteiger partial charge >= 0.3 is 23.9 Å². The van der Waals surface area contributed by atoms with Crippen molar-refractivity contribution in [2.75, 3.05) is 0 Å². The highest BCUT2D eigenvalue weighted by Crippen LogP contribution is 2.37. The average Bonchev–Trinajstić information content (AvgIpc) is 3.01. The van der Waals surface area contributed by atoms with Crippen LogP contribution in [0.25, 0.3) is 11.1 Å². The molecule has 0 aliphatic rings. The Morgan fingerprint density at radius 2 is 1.02 bits per heavy atom. The van der Waals surface area contributed by atoms with Crippen molar-refractivity contribution >= 4 is 23.9 Å². The first-order valence-electron chi connectivity index (χ1n) is 13.7. The van der Waals surface area contributed by atoms with Gasteiger partial charge in [0, 0.05) is 45.0 Å². The maximum Gasteiger partial charge on any atom is 0.347 e. The molecule has 0 unspecified atom stereocenters. The molecule has 0 radical (unpaired) electrons. The van der Waals surface area contributed by atoms with Crippen molar-refractivity contribution in [3.8, 4) is 52.2 Å². The zero-order valence-electron chi connectivity index (χ0n) is 25.9. The molecule has 230 valence electrons. The minimum absolute atomic E-state index is 0.0882. The molecule has 0 spiro atoms. The largest absolute Gasteiger partial charge is 0.423 e. The van der Waals surface area contributed by atoms with Gasteiger partial charge in [-0.05, 0) is 81.6 Å². The van der Waals surface area contributed by atoms with E-state index >= 15 is 0 Å². The molecule has 0 amide bonds. The summed E-state index contributed by atoms with van der Waals surface area (Å²) in [6.07, 6.45) is 2.33. The first kappa shape index (κ1) is 34.1. The molecule has 0 aliphatic heterocycles. The molecule has 0 atom stereocenters. The van der Waals surface area contributed by atoms with Gasteiger partial charge in [-0.15, -0.1) is 0 Å². The summed E-state index contributed by atoms with van der Waals surface area (Å²) in [7, 11) is 0. The lowest BCUT2D eigenvalue weighted by atomic mass is 10.0. The van der Waals surface area contributed by atoms with E-state index in [1.165, 1.54) is 39.8 Å². The lowest BCUT2D eigenvalue weighted by Crippen LogP contribution is -2.12. The number of hydrogen-bond donors (Lipinski definition) is 0. The highest BCUT2D eigenvalue weighted by Gasteiger charge is 2.19. The third-order valence-corrected chi connectivity index (χ3v) is 5.82. The van der Waals surface area contributed by atoms with Crippen LogP contribution in [0.2, 0.25) is 0 Å². The van der Waals surface area contributed by atoms with E-state index in [1.54, 1.807) is 48.5 Å². The quantitative estimate of drug-likeness (QED) is 0.121. The van der Waals surface area contributed by atoms with E-state index < -0.39 is 23.9 Å². The van der Waals surface area contributed by atoms with Crippen LogP contribution in [0.3, 0.4) is 0 Å². The molecule has 8 nitrogen and oxygen atoms in total. The summed E-state index contributed by atoms with van der Waals surface area (Å²) in [5, 5.41) is 0. The minimum atomic E-state index is -0.682. The zero-order valence-corrected chi connectivity index (χ0v) is 25.9. The summed E-state index contributed by atoms with van der Waals surface area (Å²) in [6.45, 7) is 20.4. The molecule has 46 heavy (non-hydrogen) atoms. The summed E-state index contributed by atoms with van der Waals surface area (Å²) in [5.41, 5.74) is 3.15. The van der Waals surface area contributed by atoms with Crippen LogP contribution in [0.15, 0.2) is 109 Å². The molecular weight excluding hydrogens is 584 g/mol. The van der Waals surface area contributed by atoms with E-state index in [1.807, 2.05) is 0 Å². The third-order valence-electron chi connectivity index (χ3n) is 5.82. The topological polar surface area (TPSA) is 105 Å². The Morgan fingerprint density at radius 3 is 1.54 bits per heavy atom. The normalized spacial score (nSPS) is 9.65. The number of hydrogen-bond acceptors (Lipinski definition) is 8. The van der Waals surface area contributed by atoms with Crippen LogP contribution in [-0.4, -0.2) is 23.9 Å². The molecule has 0 aliphatic carbocycles. The van der Waals surface area contributed by atoms with Crippen LogP contribution in [0.5, 0.6) is 17.2 Å². The van der Waals surface area contributed by atoms with E-state index in [-0.39, 0.29) is 45.1 Å². The molecule has 0 N–H and O–H groups in total. The highest BCUT2D eigenvalue weighted by molar-refractivity contribution is 5.92. The van der Waals surface area contributed by atoms with Gasteiger partial charge in [-0.1, -0.05) is 50.3 Å². The van der Waals surface area contributed by atoms with Crippen LogP contribution in [0, 0.1) is 23.9 Å². The molecule has 0 aromatic heterocycles. The van der Waals surface area contributed by atoms with Gasteiger partial charge in [0.1, 0.15) is 23.4 Å². The Bertz CT molecular complexity index is 1900. The Labute approximate surface area is 267 Å². The molecule has 3 rings (SSSR count). The number of rotatable bonds is 8. The summed E-state index contributed by atoms with van der Waals surface area (Å²) >= 11 is 0. The molecule has 3 aromatic rings. The highest BCUT2D eigenvalue weighted by atomic mass is 16.5. The first-order valence-corrected chi connectivity index (χ1v) is 13.7. The summed E-state index contributed by atoms with van der Waals surface area (Å²) in [6, 6.07) is 16.2. The lowest BCUT2D eigenvalue weighted by Gasteiger charge is -2.15. The van der Waals surface area contributed by atoms with E-state index in [0.717, 1.165) is 0 Å². The molecule has 0 saturated carbocycles. The van der Waals surface area contributed by atoms with Gasteiger partial charge < -0.3 is 18.9 Å². The van der Waals surface area contributed by atoms with Crippen molar-refractivity contribution in [1.29, 1.82) is 0 Å². The molecule has 0 heterocycles. The van der Waals surface area contributed by atoms with E-state index in [0.29, 0.717) is 22.3 Å². The first-order chi connectivity index (χ1) is 21.7. The molecule has 0 fully saturated rings. The van der Waals surface area contributed by atoms with Crippen molar-refractivity contribution in [2.24, 2.45) is 0 Å². The summed E-state index contributed by atoms with van der Waals surface area (Å²) in [4.78, 5) is 48.6. The van der Waals surface area contributed by atoms with Crippen LogP contribution in [0.4, 0.5) is 0 Å². The number of carbonyl (C=O) groups excluding carboxylic acids is 4. The standard InChI is InChI=1S/C38H30O8/c1-23(2)35(39)43-20-19-28-11-9-27(10-12-28)13-14-30-21-34(46-38(42)26(7)8)32(22-33(30)45-37(41)25(5)6)29-15-17-31(18-16-29)44-36(40)24(3)4/h9-12,15-18,21-22H,1,3,5,7H2,2,4,6,8H3. The molecule has 8 heteroatoms. The van der Waals surface area contributed by atoms with Crippen molar-refractivity contribution < 1.29 is 38.1 Å². The number of benzene rings is 3. The number of esters is 4. The van der Waals surface area contributed by atoms with Crippen molar-refractivity contribution in [2.45, 2.75) is 27.7 Å². The van der Waals surface area contributed by atoms with Crippen LogP contribution >= 0.6 is 0 Å². The zero-order chi connectivity index (χ0) is 34.0. The fourth-order valence-corrected chi connectivity index (χ4v) is 3.32. The van der Waals surface area contributed by atoms with Gasteiger partial charge in [0.2, 0.25) is 0 Å². The van der Waals surface area contributed by atoms with Crippen LogP contribution in [0.1, 0.15) is 44.4 Å². The van der Waals surface area contributed by atoms with Gasteiger partial charge in [-0.25, -0.2) is 19.2 Å². The Morgan fingerprint density at radius 1 is 0.543 bits per heavy atom. The molecule has 3 aromatic carbocycles. The maximum atomic E-state index is 12.6.